The number of aliphatic hydroxyl groups excluding tert-OH is 1. The lowest BCUT2D eigenvalue weighted by atomic mass is 9.82. The Kier molecular flexibility index (Phi) is 6.43. The maximum absolute atomic E-state index is 13.4. The largest absolute Gasteiger partial charge is 0.395 e. The molecular formula is C25H29BrN2O4. The summed E-state index contributed by atoms with van der Waals surface area (Å²) in [5.41, 5.74) is 2.70. The molecule has 2 amide bonds. The summed E-state index contributed by atoms with van der Waals surface area (Å²) < 4.78 is 7.34. The van der Waals surface area contributed by atoms with Gasteiger partial charge in [0.1, 0.15) is 0 Å². The van der Waals surface area contributed by atoms with Crippen molar-refractivity contribution < 1.29 is 19.4 Å². The van der Waals surface area contributed by atoms with E-state index in [1.807, 2.05) is 56.3 Å². The lowest BCUT2D eigenvalue weighted by Gasteiger charge is -2.28. The number of benzene rings is 2. The van der Waals surface area contributed by atoms with Crippen LogP contribution in [0.4, 0.5) is 5.69 Å². The van der Waals surface area contributed by atoms with Crippen molar-refractivity contribution in [1.29, 1.82) is 0 Å². The Morgan fingerprint density at radius 3 is 2.72 bits per heavy atom. The summed E-state index contributed by atoms with van der Waals surface area (Å²) in [5, 5.41) is 9.48. The van der Waals surface area contributed by atoms with E-state index in [1.54, 1.807) is 16.8 Å². The highest BCUT2D eigenvalue weighted by molar-refractivity contribution is 9.10. The van der Waals surface area contributed by atoms with E-state index in [-0.39, 0.29) is 43.4 Å². The first-order valence-corrected chi connectivity index (χ1v) is 11.8. The number of hydrogen-bond acceptors (Lipinski definition) is 4. The number of aliphatic hydroxyl groups is 1. The van der Waals surface area contributed by atoms with Gasteiger partial charge in [-0.1, -0.05) is 43.3 Å². The minimum Gasteiger partial charge on any atom is -0.395 e. The molecule has 2 aliphatic heterocycles. The summed E-state index contributed by atoms with van der Waals surface area (Å²) >= 11 is 3.61. The molecule has 6 nitrogen and oxygen atoms in total. The topological polar surface area (TPSA) is 70.1 Å². The lowest BCUT2D eigenvalue weighted by molar-refractivity contribution is -0.149. The third-order valence-electron chi connectivity index (χ3n) is 6.57. The zero-order valence-corrected chi connectivity index (χ0v) is 20.3. The number of likely N-dealkylation sites (N-methyl/N-ethyl adjacent to an activating group) is 1. The molecule has 1 fully saturated rings. The first-order valence-electron chi connectivity index (χ1n) is 11.0. The number of ether oxygens (including phenoxy) is 1. The molecular weight excluding hydrogens is 472 g/mol. The van der Waals surface area contributed by atoms with Crippen LogP contribution in [-0.2, 0) is 26.5 Å². The summed E-state index contributed by atoms with van der Waals surface area (Å²) in [4.78, 5) is 29.9. The molecule has 0 aliphatic carbocycles. The SMILES string of the molecule is Cc1cc(Br)c2c(c1)[C@]1(O[C@@H](CC(=O)N(CCO)Cc3ccccc3)C[C@H]1C)C(=O)N2C. The highest BCUT2D eigenvalue weighted by Crippen LogP contribution is 2.55. The van der Waals surface area contributed by atoms with Crippen LogP contribution in [-0.4, -0.2) is 48.1 Å². The second kappa shape index (κ2) is 8.96. The highest BCUT2D eigenvalue weighted by Gasteiger charge is 2.60. The Hall–Kier alpha value is -2.22. The van der Waals surface area contributed by atoms with Gasteiger partial charge in [-0.25, -0.2) is 0 Å². The molecule has 0 unspecified atom stereocenters. The van der Waals surface area contributed by atoms with Crippen LogP contribution >= 0.6 is 15.9 Å². The predicted octanol–water partition coefficient (Wildman–Crippen LogP) is 3.77. The Balaban J connectivity index is 1.56. The molecule has 1 saturated heterocycles. The third-order valence-corrected chi connectivity index (χ3v) is 7.17. The Morgan fingerprint density at radius 2 is 2.03 bits per heavy atom. The smallest absolute Gasteiger partial charge is 0.264 e. The first-order chi connectivity index (χ1) is 15.3. The van der Waals surface area contributed by atoms with E-state index in [9.17, 15) is 14.7 Å². The van der Waals surface area contributed by atoms with Crippen LogP contribution in [0.15, 0.2) is 46.9 Å². The van der Waals surface area contributed by atoms with E-state index in [0.717, 1.165) is 26.9 Å². The predicted molar refractivity (Wildman–Crippen MR) is 126 cm³/mol. The monoisotopic (exact) mass is 500 g/mol. The van der Waals surface area contributed by atoms with Gasteiger partial charge in [0.15, 0.2) is 5.60 Å². The van der Waals surface area contributed by atoms with Crippen molar-refractivity contribution in [1.82, 2.24) is 4.90 Å². The highest BCUT2D eigenvalue weighted by atomic mass is 79.9. The molecule has 0 saturated carbocycles. The molecule has 2 aromatic carbocycles. The maximum atomic E-state index is 13.4. The molecule has 0 radical (unpaired) electrons. The molecule has 2 aromatic rings. The Labute approximate surface area is 197 Å². The van der Waals surface area contributed by atoms with Gasteiger partial charge in [0.25, 0.3) is 5.91 Å². The zero-order chi connectivity index (χ0) is 23.0. The van der Waals surface area contributed by atoms with Gasteiger partial charge in [-0.3, -0.25) is 9.59 Å². The number of carbonyl (C=O) groups excluding carboxylic acids is 2. The second-order valence-corrected chi connectivity index (χ2v) is 9.70. The van der Waals surface area contributed by atoms with E-state index >= 15 is 0 Å². The van der Waals surface area contributed by atoms with Crippen molar-refractivity contribution in [2.45, 2.75) is 44.9 Å². The van der Waals surface area contributed by atoms with E-state index in [4.69, 9.17) is 4.74 Å². The number of amides is 2. The van der Waals surface area contributed by atoms with Crippen molar-refractivity contribution in [3.8, 4) is 0 Å². The third kappa shape index (κ3) is 3.87. The molecule has 7 heteroatoms. The van der Waals surface area contributed by atoms with Crippen LogP contribution in [0.5, 0.6) is 0 Å². The second-order valence-electron chi connectivity index (χ2n) is 8.85. The van der Waals surface area contributed by atoms with Gasteiger partial charge in [0.2, 0.25) is 5.91 Å². The Morgan fingerprint density at radius 1 is 1.31 bits per heavy atom. The van der Waals surface area contributed by atoms with Crippen LogP contribution in [0.25, 0.3) is 0 Å². The fourth-order valence-electron chi connectivity index (χ4n) is 5.07. The normalized spacial score (nSPS) is 24.3. The summed E-state index contributed by atoms with van der Waals surface area (Å²) in [6.45, 7) is 4.62. The van der Waals surface area contributed by atoms with Crippen LogP contribution in [0.1, 0.15) is 36.5 Å². The van der Waals surface area contributed by atoms with Crippen molar-refractivity contribution in [2.75, 3.05) is 25.1 Å². The number of anilines is 1. The maximum Gasteiger partial charge on any atom is 0.264 e. The number of carbonyl (C=O) groups is 2. The van der Waals surface area contributed by atoms with E-state index < -0.39 is 5.60 Å². The average Bonchev–Trinajstić information content (AvgIpc) is 3.18. The van der Waals surface area contributed by atoms with Crippen molar-refractivity contribution in [3.63, 3.8) is 0 Å². The average molecular weight is 501 g/mol. The van der Waals surface area contributed by atoms with Crippen molar-refractivity contribution >= 4 is 33.4 Å². The van der Waals surface area contributed by atoms with Gasteiger partial charge in [-0.2, -0.15) is 0 Å². The molecule has 1 spiro atoms. The molecule has 32 heavy (non-hydrogen) atoms. The van der Waals surface area contributed by atoms with E-state index in [2.05, 4.69) is 15.9 Å². The standard InChI is InChI=1S/C25H29BrN2O4/c1-16-11-20-23(21(26)12-16)27(3)24(31)25(20)17(2)13-19(32-25)14-22(30)28(9-10-29)15-18-7-5-4-6-8-18/h4-8,11-12,17,19,29H,9-10,13-15H2,1-3H3/t17-,19-,25+/m1/s1. The van der Waals surface area contributed by atoms with Gasteiger partial charge in [0.05, 0.1) is 24.8 Å². The van der Waals surface area contributed by atoms with Crippen LogP contribution in [0.2, 0.25) is 0 Å². The minimum absolute atomic E-state index is 0.0642. The Bertz CT molecular complexity index is 1030. The van der Waals surface area contributed by atoms with E-state index in [1.165, 1.54) is 0 Å². The molecule has 1 N–H and O–H groups in total. The number of rotatable bonds is 6. The summed E-state index contributed by atoms with van der Waals surface area (Å²) in [5.74, 6) is -0.232. The van der Waals surface area contributed by atoms with Gasteiger partial charge >= 0.3 is 0 Å². The molecule has 2 heterocycles. The number of nitrogens with zero attached hydrogens (tertiary/aromatic N) is 2. The minimum atomic E-state index is -1.06. The van der Waals surface area contributed by atoms with Gasteiger partial charge < -0.3 is 19.6 Å². The van der Waals surface area contributed by atoms with Crippen molar-refractivity contribution in [2.24, 2.45) is 5.92 Å². The molecule has 2 aliphatic rings. The molecule has 0 bridgehead atoms. The molecule has 0 aromatic heterocycles. The van der Waals surface area contributed by atoms with Crippen LogP contribution in [0, 0.1) is 12.8 Å². The number of halogens is 1. The summed E-state index contributed by atoms with van der Waals surface area (Å²) in [7, 11) is 1.77. The zero-order valence-electron chi connectivity index (χ0n) is 18.7. The molecule has 3 atom stereocenters. The summed E-state index contributed by atoms with van der Waals surface area (Å²) in [6, 6.07) is 13.7. The number of aryl methyl sites for hydroxylation is 1. The fraction of sp³-hybridized carbons (Fsp3) is 0.440. The van der Waals surface area contributed by atoms with Gasteiger partial charge in [-0.15, -0.1) is 0 Å². The first kappa shape index (κ1) is 23.0. The number of fused-ring (bicyclic) bond motifs is 2. The van der Waals surface area contributed by atoms with Crippen LogP contribution < -0.4 is 4.90 Å². The van der Waals surface area contributed by atoms with Crippen LogP contribution in [0.3, 0.4) is 0 Å². The lowest BCUT2D eigenvalue weighted by Crippen LogP contribution is -2.43. The quantitative estimate of drug-likeness (QED) is 0.655. The molecule has 170 valence electrons. The van der Waals surface area contributed by atoms with E-state index in [0.29, 0.717) is 13.0 Å². The fourth-order valence-corrected chi connectivity index (χ4v) is 5.91. The molecule has 4 rings (SSSR count). The summed E-state index contributed by atoms with van der Waals surface area (Å²) in [6.07, 6.45) is 0.435. The van der Waals surface area contributed by atoms with Gasteiger partial charge in [0, 0.05) is 36.1 Å². The number of hydrogen-bond donors (Lipinski definition) is 1. The van der Waals surface area contributed by atoms with Crippen molar-refractivity contribution in [3.05, 3.63) is 63.6 Å². The van der Waals surface area contributed by atoms with Gasteiger partial charge in [-0.05, 0) is 46.5 Å².